The van der Waals surface area contributed by atoms with E-state index in [0.29, 0.717) is 12.5 Å². The van der Waals surface area contributed by atoms with Crippen molar-refractivity contribution in [1.82, 2.24) is 15.1 Å². The van der Waals surface area contributed by atoms with Gasteiger partial charge in [0, 0.05) is 19.3 Å². The molecule has 0 aliphatic heterocycles. The zero-order valence-electron chi connectivity index (χ0n) is 11.7. The summed E-state index contributed by atoms with van der Waals surface area (Å²) in [6, 6.07) is 0. The molecular formula is C13H23N5. The zero-order valence-corrected chi connectivity index (χ0v) is 11.7. The standard InChI is InChI=1S/C13H23N5/c1-9(2)8-16-13(14)15-7-6-12-10(3)17-18(5)11(12)4/h1,6-8H2,2-5H3,(H3,14,15,16). The molecule has 0 aliphatic carbocycles. The van der Waals surface area contributed by atoms with Crippen LogP contribution in [-0.4, -0.2) is 28.8 Å². The summed E-state index contributed by atoms with van der Waals surface area (Å²) < 4.78 is 1.91. The van der Waals surface area contributed by atoms with Gasteiger partial charge in [0.1, 0.15) is 0 Å². The molecule has 0 spiro atoms. The van der Waals surface area contributed by atoms with Gasteiger partial charge in [-0.2, -0.15) is 5.10 Å². The smallest absolute Gasteiger partial charge is 0.188 e. The molecule has 5 heteroatoms. The Morgan fingerprint density at radius 1 is 1.50 bits per heavy atom. The van der Waals surface area contributed by atoms with Crippen molar-refractivity contribution in [2.45, 2.75) is 27.2 Å². The molecule has 1 aromatic heterocycles. The van der Waals surface area contributed by atoms with Crippen molar-refractivity contribution in [3.05, 3.63) is 29.1 Å². The van der Waals surface area contributed by atoms with Gasteiger partial charge in [-0.3, -0.25) is 4.68 Å². The molecule has 1 aromatic rings. The molecule has 5 nitrogen and oxygen atoms in total. The highest BCUT2D eigenvalue weighted by Gasteiger charge is 2.08. The lowest BCUT2D eigenvalue weighted by atomic mass is 10.1. The first kappa shape index (κ1) is 14.3. The van der Waals surface area contributed by atoms with Crippen LogP contribution in [0.25, 0.3) is 0 Å². The maximum Gasteiger partial charge on any atom is 0.188 e. The minimum Gasteiger partial charge on any atom is -0.370 e. The summed E-state index contributed by atoms with van der Waals surface area (Å²) >= 11 is 0. The Labute approximate surface area is 109 Å². The molecule has 0 bridgehead atoms. The van der Waals surface area contributed by atoms with Crippen LogP contribution in [0.3, 0.4) is 0 Å². The largest absolute Gasteiger partial charge is 0.370 e. The predicted molar refractivity (Wildman–Crippen MR) is 75.7 cm³/mol. The molecule has 0 aromatic carbocycles. The Kier molecular flexibility index (Phi) is 4.95. The zero-order chi connectivity index (χ0) is 13.7. The van der Waals surface area contributed by atoms with E-state index in [9.17, 15) is 0 Å². The van der Waals surface area contributed by atoms with E-state index in [1.807, 2.05) is 25.6 Å². The Morgan fingerprint density at radius 2 is 2.17 bits per heavy atom. The van der Waals surface area contributed by atoms with E-state index >= 15 is 0 Å². The van der Waals surface area contributed by atoms with Crippen LogP contribution in [0.1, 0.15) is 23.9 Å². The van der Waals surface area contributed by atoms with E-state index in [1.165, 1.54) is 11.3 Å². The maximum atomic E-state index is 5.74. The van der Waals surface area contributed by atoms with Crippen LogP contribution in [0.5, 0.6) is 0 Å². The van der Waals surface area contributed by atoms with Gasteiger partial charge in [0.25, 0.3) is 0 Å². The predicted octanol–water partition coefficient (Wildman–Crippen LogP) is 1.06. The summed E-state index contributed by atoms with van der Waals surface area (Å²) in [5, 5.41) is 7.48. The van der Waals surface area contributed by atoms with Crippen LogP contribution >= 0.6 is 0 Å². The summed E-state index contributed by atoms with van der Waals surface area (Å²) in [7, 11) is 1.96. The summed E-state index contributed by atoms with van der Waals surface area (Å²) in [5.74, 6) is 0.470. The van der Waals surface area contributed by atoms with Gasteiger partial charge >= 0.3 is 0 Å². The number of nitrogens with two attached hydrogens (primary N) is 1. The van der Waals surface area contributed by atoms with Crippen LogP contribution < -0.4 is 11.1 Å². The lowest BCUT2D eigenvalue weighted by molar-refractivity contribution is 0.729. The molecule has 100 valence electrons. The van der Waals surface area contributed by atoms with Crippen molar-refractivity contribution in [3.63, 3.8) is 0 Å². The van der Waals surface area contributed by atoms with E-state index in [1.54, 1.807) is 0 Å². The van der Waals surface area contributed by atoms with Gasteiger partial charge in [-0.1, -0.05) is 12.2 Å². The average Bonchev–Trinajstić information content (AvgIpc) is 2.53. The highest BCUT2D eigenvalue weighted by atomic mass is 15.3. The molecule has 0 saturated carbocycles. The van der Waals surface area contributed by atoms with Gasteiger partial charge in [0.15, 0.2) is 5.96 Å². The van der Waals surface area contributed by atoms with Gasteiger partial charge in [-0.25, -0.2) is 4.99 Å². The number of guanidine groups is 1. The Bertz CT molecular complexity index is 456. The second-order valence-corrected chi connectivity index (χ2v) is 4.61. The third-order valence-electron chi connectivity index (χ3n) is 2.86. The number of aliphatic imine (C=N–C) groups is 1. The third-order valence-corrected chi connectivity index (χ3v) is 2.86. The molecule has 0 fully saturated rings. The molecule has 0 radical (unpaired) electrons. The van der Waals surface area contributed by atoms with Crippen molar-refractivity contribution in [2.24, 2.45) is 17.8 Å². The second-order valence-electron chi connectivity index (χ2n) is 4.61. The third kappa shape index (κ3) is 3.91. The molecule has 0 amide bonds. The number of hydrogen-bond acceptors (Lipinski definition) is 2. The highest BCUT2D eigenvalue weighted by molar-refractivity contribution is 5.77. The maximum absolute atomic E-state index is 5.74. The van der Waals surface area contributed by atoms with Gasteiger partial charge in [-0.05, 0) is 32.8 Å². The Hall–Kier alpha value is -1.78. The fraction of sp³-hybridized carbons (Fsp3) is 0.538. The van der Waals surface area contributed by atoms with E-state index in [0.717, 1.165) is 24.2 Å². The number of rotatable bonds is 5. The Balaban J connectivity index is 2.47. The van der Waals surface area contributed by atoms with Crippen molar-refractivity contribution in [2.75, 3.05) is 13.1 Å². The summed E-state index contributed by atoms with van der Waals surface area (Å²) in [6.45, 7) is 11.2. The monoisotopic (exact) mass is 249 g/mol. The normalized spacial score (nSPS) is 11.7. The van der Waals surface area contributed by atoms with Crippen molar-refractivity contribution in [3.8, 4) is 0 Å². The van der Waals surface area contributed by atoms with Crippen LogP contribution in [0.4, 0.5) is 0 Å². The molecular weight excluding hydrogens is 226 g/mol. The first-order valence-corrected chi connectivity index (χ1v) is 6.09. The number of nitrogens with zero attached hydrogens (tertiary/aromatic N) is 3. The fourth-order valence-corrected chi connectivity index (χ4v) is 1.77. The first-order valence-electron chi connectivity index (χ1n) is 6.09. The van der Waals surface area contributed by atoms with Crippen LogP contribution in [0, 0.1) is 13.8 Å². The number of hydrogen-bond donors (Lipinski definition) is 2. The Morgan fingerprint density at radius 3 is 2.67 bits per heavy atom. The van der Waals surface area contributed by atoms with Crippen LogP contribution in [0.2, 0.25) is 0 Å². The number of aromatic nitrogens is 2. The fourth-order valence-electron chi connectivity index (χ4n) is 1.77. The highest BCUT2D eigenvalue weighted by Crippen LogP contribution is 2.11. The molecule has 0 atom stereocenters. The summed E-state index contributed by atoms with van der Waals surface area (Å²) in [5.41, 5.74) is 10.3. The molecule has 0 saturated heterocycles. The molecule has 0 aliphatic rings. The molecule has 1 rings (SSSR count). The van der Waals surface area contributed by atoms with E-state index < -0.39 is 0 Å². The molecule has 0 unspecified atom stereocenters. The minimum absolute atomic E-state index is 0.470. The average molecular weight is 249 g/mol. The van der Waals surface area contributed by atoms with Crippen molar-refractivity contribution < 1.29 is 0 Å². The quantitative estimate of drug-likeness (QED) is 0.466. The lowest BCUT2D eigenvalue weighted by Crippen LogP contribution is -2.33. The number of nitrogens with one attached hydrogen (secondary N) is 1. The lowest BCUT2D eigenvalue weighted by Gasteiger charge is -2.06. The summed E-state index contributed by atoms with van der Waals surface area (Å²) in [4.78, 5) is 4.17. The van der Waals surface area contributed by atoms with Gasteiger partial charge < -0.3 is 11.1 Å². The van der Waals surface area contributed by atoms with Gasteiger partial charge in [0.2, 0.25) is 0 Å². The molecule has 1 heterocycles. The topological polar surface area (TPSA) is 68.2 Å². The molecule has 18 heavy (non-hydrogen) atoms. The SMILES string of the molecule is C=C(C)CN=C(N)NCCc1c(C)nn(C)c1C. The van der Waals surface area contributed by atoms with Crippen molar-refractivity contribution >= 4 is 5.96 Å². The molecule has 3 N–H and O–H groups in total. The second kappa shape index (κ2) is 6.23. The van der Waals surface area contributed by atoms with E-state index in [-0.39, 0.29) is 0 Å². The van der Waals surface area contributed by atoms with Gasteiger partial charge in [0.05, 0.1) is 12.2 Å². The van der Waals surface area contributed by atoms with Gasteiger partial charge in [-0.15, -0.1) is 0 Å². The number of aryl methyl sites for hydroxylation is 2. The summed E-state index contributed by atoms with van der Waals surface area (Å²) in [6.07, 6.45) is 0.898. The first-order chi connectivity index (χ1) is 8.41. The minimum atomic E-state index is 0.470. The van der Waals surface area contributed by atoms with E-state index in [4.69, 9.17) is 5.73 Å². The van der Waals surface area contributed by atoms with Crippen LogP contribution in [-0.2, 0) is 13.5 Å². The van der Waals surface area contributed by atoms with Crippen LogP contribution in [0.15, 0.2) is 17.1 Å². The van der Waals surface area contributed by atoms with E-state index in [2.05, 4.69) is 28.9 Å². The van der Waals surface area contributed by atoms with Crippen molar-refractivity contribution in [1.29, 1.82) is 0 Å².